The average molecular weight is 255 g/mol. The van der Waals surface area contributed by atoms with Crippen molar-refractivity contribution in [3.8, 4) is 0 Å². The van der Waals surface area contributed by atoms with Gasteiger partial charge >= 0.3 is 0 Å². The molecule has 1 saturated heterocycles. The Hall–Kier alpha value is -0.490. The van der Waals surface area contributed by atoms with E-state index in [1.165, 1.54) is 4.88 Å². The summed E-state index contributed by atoms with van der Waals surface area (Å²) in [4.78, 5) is 5.52. The monoisotopic (exact) mass is 255 g/mol. The van der Waals surface area contributed by atoms with E-state index in [1.54, 1.807) is 11.3 Å². The van der Waals surface area contributed by atoms with E-state index in [-0.39, 0.29) is 0 Å². The lowest BCUT2D eigenvalue weighted by molar-refractivity contribution is 0.0348. The number of aromatic nitrogens is 1. The van der Waals surface area contributed by atoms with Crippen molar-refractivity contribution in [1.29, 1.82) is 0 Å². The lowest BCUT2D eigenvalue weighted by atomic mass is 10.1. The van der Waals surface area contributed by atoms with Crippen molar-refractivity contribution in [3.05, 3.63) is 16.1 Å². The molecule has 5 heteroatoms. The summed E-state index contributed by atoms with van der Waals surface area (Å²) in [7, 11) is 0. The Morgan fingerprint density at radius 3 is 3.06 bits per heavy atom. The van der Waals surface area contributed by atoms with E-state index >= 15 is 0 Å². The Kier molecular flexibility index (Phi) is 5.38. The Morgan fingerprint density at radius 1 is 1.53 bits per heavy atom. The maximum atomic E-state index is 5.81. The van der Waals surface area contributed by atoms with Crippen LogP contribution in [0.1, 0.15) is 22.7 Å². The average Bonchev–Trinajstić information content (AvgIpc) is 2.76. The second kappa shape index (κ2) is 7.06. The minimum Gasteiger partial charge on any atom is -0.377 e. The van der Waals surface area contributed by atoms with Gasteiger partial charge in [0, 0.05) is 24.2 Å². The van der Waals surface area contributed by atoms with Crippen molar-refractivity contribution < 1.29 is 4.74 Å². The van der Waals surface area contributed by atoms with E-state index in [0.717, 1.165) is 50.6 Å². The second-order valence-corrected chi connectivity index (χ2v) is 5.66. The molecular formula is C12H21N3OS. The first-order chi connectivity index (χ1) is 8.34. The summed E-state index contributed by atoms with van der Waals surface area (Å²) in [6.07, 6.45) is 4.70. The highest BCUT2D eigenvalue weighted by Gasteiger charge is 2.12. The second-order valence-electron chi connectivity index (χ2n) is 4.34. The van der Waals surface area contributed by atoms with Gasteiger partial charge in [0.2, 0.25) is 0 Å². The molecule has 1 aliphatic heterocycles. The minimum atomic E-state index is 0.462. The Labute approximate surface area is 107 Å². The number of thiazole rings is 1. The summed E-state index contributed by atoms with van der Waals surface area (Å²) in [5.74, 6) is 0. The van der Waals surface area contributed by atoms with Crippen LogP contribution in [0.3, 0.4) is 0 Å². The number of hydrogen-bond donors (Lipinski definition) is 2. The van der Waals surface area contributed by atoms with Crippen LogP contribution >= 0.6 is 11.3 Å². The molecule has 17 heavy (non-hydrogen) atoms. The lowest BCUT2D eigenvalue weighted by Crippen LogP contribution is -2.33. The quantitative estimate of drug-likeness (QED) is 0.752. The molecular weight excluding hydrogens is 234 g/mol. The predicted molar refractivity (Wildman–Crippen MR) is 70.4 cm³/mol. The number of nitrogens with one attached hydrogen (secondary N) is 2. The molecule has 0 unspecified atom stereocenters. The molecule has 1 aromatic rings. The molecule has 4 nitrogen and oxygen atoms in total. The van der Waals surface area contributed by atoms with Crippen LogP contribution in [0.2, 0.25) is 0 Å². The van der Waals surface area contributed by atoms with Crippen molar-refractivity contribution >= 4 is 11.3 Å². The van der Waals surface area contributed by atoms with Crippen LogP contribution in [0.25, 0.3) is 0 Å². The number of rotatable bonds is 6. The van der Waals surface area contributed by atoms with Gasteiger partial charge in [-0.1, -0.05) is 0 Å². The molecule has 2 N–H and O–H groups in total. The van der Waals surface area contributed by atoms with Gasteiger partial charge in [-0.15, -0.1) is 11.3 Å². The molecule has 96 valence electrons. The lowest BCUT2D eigenvalue weighted by Gasteiger charge is -2.22. The first-order valence-electron chi connectivity index (χ1n) is 6.29. The van der Waals surface area contributed by atoms with E-state index in [0.29, 0.717) is 6.10 Å². The molecule has 0 aromatic carbocycles. The van der Waals surface area contributed by atoms with Gasteiger partial charge < -0.3 is 15.4 Å². The number of piperidine rings is 1. The molecule has 1 aliphatic rings. The van der Waals surface area contributed by atoms with Gasteiger partial charge in [0.15, 0.2) is 0 Å². The van der Waals surface area contributed by atoms with Crippen molar-refractivity contribution in [3.63, 3.8) is 0 Å². The number of nitrogens with zero attached hydrogens (tertiary/aromatic N) is 1. The Balaban J connectivity index is 1.51. The zero-order valence-corrected chi connectivity index (χ0v) is 11.2. The van der Waals surface area contributed by atoms with Gasteiger partial charge in [0.25, 0.3) is 0 Å². The maximum absolute atomic E-state index is 5.81. The third-order valence-corrected chi connectivity index (χ3v) is 3.80. The number of ether oxygens (including phenoxy) is 1. The third kappa shape index (κ3) is 4.71. The molecule has 0 bridgehead atoms. The predicted octanol–water partition coefficient (Wildman–Crippen LogP) is 1.31. The van der Waals surface area contributed by atoms with Crippen molar-refractivity contribution in [2.75, 3.05) is 26.2 Å². The molecule has 1 fully saturated rings. The third-order valence-electron chi connectivity index (χ3n) is 2.89. The van der Waals surface area contributed by atoms with Crippen molar-refractivity contribution in [2.24, 2.45) is 0 Å². The van der Waals surface area contributed by atoms with Crippen LogP contribution < -0.4 is 10.6 Å². The van der Waals surface area contributed by atoms with E-state index in [9.17, 15) is 0 Å². The van der Waals surface area contributed by atoms with Gasteiger partial charge in [0.1, 0.15) is 0 Å². The Bertz CT molecular complexity index is 323. The first kappa shape index (κ1) is 13.0. The first-order valence-corrected chi connectivity index (χ1v) is 7.10. The standard InChI is InChI=1S/C12H21N3OS/c1-10-15-9-12(17-10)8-14-6-7-16-11-2-4-13-5-3-11/h9,11,13-14H,2-8H2,1H3. The molecule has 0 radical (unpaired) electrons. The van der Waals surface area contributed by atoms with Crippen LogP contribution in [-0.2, 0) is 11.3 Å². The van der Waals surface area contributed by atoms with Crippen LogP contribution in [0.5, 0.6) is 0 Å². The summed E-state index contributed by atoms with van der Waals surface area (Å²) < 4.78 is 5.81. The zero-order valence-electron chi connectivity index (χ0n) is 10.4. The SMILES string of the molecule is Cc1ncc(CNCCOC2CCNCC2)s1. The topological polar surface area (TPSA) is 46.2 Å². The Morgan fingerprint density at radius 2 is 2.35 bits per heavy atom. The molecule has 1 aromatic heterocycles. The highest BCUT2D eigenvalue weighted by molar-refractivity contribution is 7.11. The number of aryl methyl sites for hydroxylation is 1. The fourth-order valence-corrected chi connectivity index (χ4v) is 2.72. The normalized spacial score (nSPS) is 17.5. The molecule has 0 spiro atoms. The van der Waals surface area contributed by atoms with E-state index in [1.807, 2.05) is 13.1 Å². The van der Waals surface area contributed by atoms with E-state index < -0.39 is 0 Å². The van der Waals surface area contributed by atoms with Crippen LogP contribution in [-0.4, -0.2) is 37.3 Å². The molecule has 0 amide bonds. The summed E-state index contributed by atoms with van der Waals surface area (Å²) in [5.41, 5.74) is 0. The zero-order chi connectivity index (χ0) is 11.9. The van der Waals surface area contributed by atoms with Crippen LogP contribution in [0.15, 0.2) is 6.20 Å². The van der Waals surface area contributed by atoms with Crippen molar-refractivity contribution in [1.82, 2.24) is 15.6 Å². The number of hydrogen-bond acceptors (Lipinski definition) is 5. The van der Waals surface area contributed by atoms with E-state index in [2.05, 4.69) is 15.6 Å². The van der Waals surface area contributed by atoms with Crippen molar-refractivity contribution in [2.45, 2.75) is 32.4 Å². The van der Waals surface area contributed by atoms with Gasteiger partial charge in [0.05, 0.1) is 17.7 Å². The molecule has 0 aliphatic carbocycles. The highest BCUT2D eigenvalue weighted by atomic mass is 32.1. The van der Waals surface area contributed by atoms with Gasteiger partial charge in [-0.25, -0.2) is 4.98 Å². The molecule has 2 rings (SSSR count). The van der Waals surface area contributed by atoms with Gasteiger partial charge in [-0.2, -0.15) is 0 Å². The minimum absolute atomic E-state index is 0.462. The fraction of sp³-hybridized carbons (Fsp3) is 0.750. The molecule has 0 saturated carbocycles. The fourth-order valence-electron chi connectivity index (χ4n) is 1.96. The molecule has 0 atom stereocenters. The maximum Gasteiger partial charge on any atom is 0.0897 e. The van der Waals surface area contributed by atoms with Crippen LogP contribution in [0.4, 0.5) is 0 Å². The highest BCUT2D eigenvalue weighted by Crippen LogP contribution is 2.10. The van der Waals surface area contributed by atoms with E-state index in [4.69, 9.17) is 4.74 Å². The summed E-state index contributed by atoms with van der Waals surface area (Å²) in [6.45, 7) is 6.86. The summed E-state index contributed by atoms with van der Waals surface area (Å²) in [5, 5.41) is 7.86. The molecule has 2 heterocycles. The van der Waals surface area contributed by atoms with Crippen LogP contribution in [0, 0.1) is 6.92 Å². The summed E-state index contributed by atoms with van der Waals surface area (Å²) in [6, 6.07) is 0. The van der Waals surface area contributed by atoms with Gasteiger partial charge in [-0.05, 0) is 32.9 Å². The summed E-state index contributed by atoms with van der Waals surface area (Å²) >= 11 is 1.75. The largest absolute Gasteiger partial charge is 0.377 e. The smallest absolute Gasteiger partial charge is 0.0897 e. The van der Waals surface area contributed by atoms with Gasteiger partial charge in [-0.3, -0.25) is 0 Å².